The van der Waals surface area contributed by atoms with Crippen LogP contribution in [0.15, 0.2) is 48.3 Å². The molecule has 110 valence electrons. The van der Waals surface area contributed by atoms with Crippen LogP contribution < -0.4 is 9.64 Å². The van der Waals surface area contributed by atoms with Crippen LogP contribution >= 0.6 is 0 Å². The van der Waals surface area contributed by atoms with E-state index in [0.29, 0.717) is 6.04 Å². The molecule has 0 saturated heterocycles. The number of likely N-dealkylation sites (N-methyl/N-ethyl adjacent to an activating group) is 1. The zero-order valence-electron chi connectivity index (χ0n) is 13.1. The average Bonchev–Trinajstić information content (AvgIpc) is 2.56. The Morgan fingerprint density at radius 1 is 1.05 bits per heavy atom. The first-order valence-corrected chi connectivity index (χ1v) is 7.04. The number of ether oxygens (including phenoxy) is 2. The number of allylic oxidation sites excluding steroid dienone is 1. The molecule has 2 rings (SSSR count). The minimum absolute atomic E-state index is 0.372. The van der Waals surface area contributed by atoms with Gasteiger partial charge in [-0.15, -0.1) is 0 Å². The fourth-order valence-electron chi connectivity index (χ4n) is 2.04. The van der Waals surface area contributed by atoms with E-state index in [9.17, 15) is 0 Å². The van der Waals surface area contributed by atoms with Crippen LogP contribution in [-0.4, -0.2) is 27.3 Å². The van der Waals surface area contributed by atoms with Crippen molar-refractivity contribution in [2.75, 3.05) is 26.2 Å². The summed E-state index contributed by atoms with van der Waals surface area (Å²) in [4.78, 5) is 2.25. The quantitative estimate of drug-likeness (QED) is 0.828. The molecule has 3 nitrogen and oxygen atoms in total. The molecule has 0 aliphatic heterocycles. The van der Waals surface area contributed by atoms with E-state index in [-0.39, 0.29) is 0 Å². The predicted octanol–water partition coefficient (Wildman–Crippen LogP) is 4.02. The molecular weight excluding hydrogens is 250 g/mol. The highest BCUT2D eigenvalue weighted by atomic mass is 16.5. The number of methoxy groups -OCH3 is 2. The highest BCUT2D eigenvalue weighted by molar-refractivity contribution is 5.50. The molecule has 0 N–H and O–H groups in total. The molecule has 1 atom stereocenters. The van der Waals surface area contributed by atoms with Gasteiger partial charge in [-0.2, -0.15) is 0 Å². The van der Waals surface area contributed by atoms with Crippen LogP contribution in [0.1, 0.15) is 20.3 Å². The second-order valence-corrected chi connectivity index (χ2v) is 4.28. The van der Waals surface area contributed by atoms with Gasteiger partial charge >= 0.3 is 0 Å². The highest BCUT2D eigenvalue weighted by Gasteiger charge is 2.14. The number of nitrogens with zero attached hydrogens (tertiary/aromatic N) is 1. The Labute approximate surface area is 122 Å². The van der Waals surface area contributed by atoms with Crippen molar-refractivity contribution in [2.45, 2.75) is 26.3 Å². The Morgan fingerprint density at radius 3 is 2.15 bits per heavy atom. The van der Waals surface area contributed by atoms with Gasteiger partial charge in [0.1, 0.15) is 11.5 Å². The summed E-state index contributed by atoms with van der Waals surface area (Å²) in [6.07, 6.45) is 7.27. The molecule has 0 radical (unpaired) electrons. The normalized spacial score (nSPS) is 16.6. The van der Waals surface area contributed by atoms with E-state index >= 15 is 0 Å². The van der Waals surface area contributed by atoms with Crippen molar-refractivity contribution in [3.8, 4) is 5.75 Å². The topological polar surface area (TPSA) is 21.7 Å². The Balaban J connectivity index is 0.000000956. The maximum absolute atomic E-state index is 5.19. The molecule has 20 heavy (non-hydrogen) atoms. The van der Waals surface area contributed by atoms with Gasteiger partial charge in [0.15, 0.2) is 0 Å². The highest BCUT2D eigenvalue weighted by Crippen LogP contribution is 2.23. The largest absolute Gasteiger partial charge is 0.497 e. The minimum atomic E-state index is 0.372. The molecule has 0 amide bonds. The lowest BCUT2D eigenvalue weighted by atomic mass is 10.1. The molecule has 3 heteroatoms. The van der Waals surface area contributed by atoms with Crippen LogP contribution in [-0.2, 0) is 4.74 Å². The fraction of sp³-hybridized carbons (Fsp3) is 0.412. The van der Waals surface area contributed by atoms with Gasteiger partial charge in [0.05, 0.1) is 20.3 Å². The maximum atomic E-state index is 5.19. The summed E-state index contributed by atoms with van der Waals surface area (Å²) in [5.74, 6) is 1.82. The van der Waals surface area contributed by atoms with Crippen LogP contribution in [0, 0.1) is 0 Å². The van der Waals surface area contributed by atoms with Gasteiger partial charge in [-0.05, 0) is 42.8 Å². The summed E-state index contributed by atoms with van der Waals surface area (Å²) < 4.78 is 10.4. The van der Waals surface area contributed by atoms with Crippen LogP contribution in [0.3, 0.4) is 0 Å². The SMILES string of the molecule is CC.COC1=CCC(N(C)c2ccc(OC)cc2)C=C1. The maximum Gasteiger partial charge on any atom is 0.119 e. The van der Waals surface area contributed by atoms with E-state index < -0.39 is 0 Å². The third-order valence-electron chi connectivity index (χ3n) is 3.26. The molecule has 0 spiro atoms. The third kappa shape index (κ3) is 4.05. The molecular formula is C17H25NO2. The Hall–Kier alpha value is -1.90. The predicted molar refractivity (Wildman–Crippen MR) is 85.4 cm³/mol. The molecule has 1 aromatic rings. The number of benzene rings is 1. The summed E-state index contributed by atoms with van der Waals surface area (Å²) >= 11 is 0. The number of anilines is 1. The molecule has 1 aliphatic rings. The number of rotatable bonds is 4. The Bertz CT molecular complexity index is 449. The summed E-state index contributed by atoms with van der Waals surface area (Å²) in [5.41, 5.74) is 1.18. The second-order valence-electron chi connectivity index (χ2n) is 4.28. The van der Waals surface area contributed by atoms with E-state index in [4.69, 9.17) is 9.47 Å². The fourth-order valence-corrected chi connectivity index (χ4v) is 2.04. The molecule has 0 fully saturated rings. The summed E-state index contributed by atoms with van der Waals surface area (Å²) in [6, 6.07) is 8.48. The lowest BCUT2D eigenvalue weighted by molar-refractivity contribution is 0.303. The van der Waals surface area contributed by atoms with Gasteiger partial charge in [0, 0.05) is 12.7 Å². The van der Waals surface area contributed by atoms with Crippen molar-refractivity contribution in [3.05, 3.63) is 48.3 Å². The Kier molecular flexibility index (Phi) is 6.71. The summed E-state index contributed by atoms with van der Waals surface area (Å²) in [6.45, 7) is 4.00. The van der Waals surface area contributed by atoms with Crippen LogP contribution in [0.5, 0.6) is 5.75 Å². The average molecular weight is 275 g/mol. The summed E-state index contributed by atoms with van der Waals surface area (Å²) in [7, 11) is 5.48. The van der Waals surface area contributed by atoms with E-state index in [2.05, 4.69) is 36.2 Å². The molecule has 0 aromatic heterocycles. The second kappa shape index (κ2) is 8.31. The van der Waals surface area contributed by atoms with Gasteiger partial charge < -0.3 is 14.4 Å². The van der Waals surface area contributed by atoms with Crippen LogP contribution in [0.2, 0.25) is 0 Å². The Morgan fingerprint density at radius 2 is 1.70 bits per heavy atom. The van der Waals surface area contributed by atoms with Crippen molar-refractivity contribution in [3.63, 3.8) is 0 Å². The molecule has 0 bridgehead atoms. The van der Waals surface area contributed by atoms with E-state index in [0.717, 1.165) is 17.9 Å². The zero-order chi connectivity index (χ0) is 15.0. The zero-order valence-corrected chi connectivity index (χ0v) is 13.1. The van der Waals surface area contributed by atoms with Gasteiger partial charge in [-0.1, -0.05) is 19.9 Å². The number of hydrogen-bond donors (Lipinski definition) is 0. The van der Waals surface area contributed by atoms with Gasteiger partial charge in [0.25, 0.3) is 0 Å². The third-order valence-corrected chi connectivity index (χ3v) is 3.26. The lowest BCUT2D eigenvalue weighted by Gasteiger charge is -2.29. The van der Waals surface area contributed by atoms with E-state index in [1.807, 2.05) is 32.1 Å². The minimum Gasteiger partial charge on any atom is -0.497 e. The first kappa shape index (κ1) is 16.2. The number of hydrogen-bond acceptors (Lipinski definition) is 3. The van der Waals surface area contributed by atoms with Gasteiger partial charge in [-0.25, -0.2) is 0 Å². The molecule has 0 heterocycles. The van der Waals surface area contributed by atoms with Crippen LogP contribution in [0.4, 0.5) is 5.69 Å². The van der Waals surface area contributed by atoms with Crippen molar-refractivity contribution < 1.29 is 9.47 Å². The van der Waals surface area contributed by atoms with Crippen LogP contribution in [0.25, 0.3) is 0 Å². The van der Waals surface area contributed by atoms with Crippen molar-refractivity contribution >= 4 is 5.69 Å². The standard InChI is InChI=1S/C15H19NO2.C2H6/c1-16(12-4-8-14(17-2)9-5-12)13-6-10-15(18-3)11-7-13;1-2/h4-6,8-11,13H,7H2,1-3H3;1-2H3. The molecule has 1 unspecified atom stereocenters. The first-order valence-electron chi connectivity index (χ1n) is 7.04. The van der Waals surface area contributed by atoms with E-state index in [1.165, 1.54) is 5.69 Å². The first-order chi connectivity index (χ1) is 9.74. The van der Waals surface area contributed by atoms with Gasteiger partial charge in [0.2, 0.25) is 0 Å². The van der Waals surface area contributed by atoms with Gasteiger partial charge in [-0.3, -0.25) is 0 Å². The molecule has 1 aliphatic carbocycles. The molecule has 0 saturated carbocycles. The monoisotopic (exact) mass is 275 g/mol. The van der Waals surface area contributed by atoms with Crippen molar-refractivity contribution in [1.29, 1.82) is 0 Å². The van der Waals surface area contributed by atoms with Crippen molar-refractivity contribution in [1.82, 2.24) is 0 Å². The molecule has 1 aromatic carbocycles. The lowest BCUT2D eigenvalue weighted by Crippen LogP contribution is -2.30. The summed E-state index contributed by atoms with van der Waals surface area (Å²) in [5, 5.41) is 0. The van der Waals surface area contributed by atoms with E-state index in [1.54, 1.807) is 14.2 Å². The van der Waals surface area contributed by atoms with Crippen molar-refractivity contribution in [2.24, 2.45) is 0 Å². The smallest absolute Gasteiger partial charge is 0.119 e.